The van der Waals surface area contributed by atoms with Crippen LogP contribution >= 0.6 is 0 Å². The number of carbonyl (C=O) groups is 1. The first kappa shape index (κ1) is 15.9. The van der Waals surface area contributed by atoms with Gasteiger partial charge in [0.2, 0.25) is 0 Å². The number of benzene rings is 2. The predicted molar refractivity (Wildman–Crippen MR) is 73.9 cm³/mol. The van der Waals surface area contributed by atoms with Crippen molar-refractivity contribution in [3.63, 3.8) is 0 Å². The second-order valence-electron chi connectivity index (χ2n) is 4.37. The monoisotopic (exact) mass is 310 g/mol. The summed E-state index contributed by atoms with van der Waals surface area (Å²) in [4.78, 5) is 11.5. The van der Waals surface area contributed by atoms with Crippen LogP contribution in [0.5, 0.6) is 11.5 Å². The van der Waals surface area contributed by atoms with Crippen LogP contribution in [-0.2, 0) is 10.9 Å². The number of esters is 1. The van der Waals surface area contributed by atoms with E-state index in [2.05, 4.69) is 0 Å². The van der Waals surface area contributed by atoms with Gasteiger partial charge < -0.3 is 9.47 Å². The molecule has 0 fully saturated rings. The van der Waals surface area contributed by atoms with Crippen LogP contribution in [0.1, 0.15) is 22.8 Å². The van der Waals surface area contributed by atoms with Crippen LogP contribution in [0.3, 0.4) is 0 Å². The Kier molecular flexibility index (Phi) is 4.70. The minimum atomic E-state index is -4.38. The molecule has 0 N–H and O–H groups in total. The quantitative estimate of drug-likeness (QED) is 0.770. The van der Waals surface area contributed by atoms with Crippen LogP contribution in [-0.4, -0.2) is 12.6 Å². The zero-order valence-corrected chi connectivity index (χ0v) is 11.7. The van der Waals surface area contributed by atoms with Gasteiger partial charge in [0, 0.05) is 0 Å². The molecule has 0 heterocycles. The predicted octanol–water partition coefficient (Wildman–Crippen LogP) is 4.67. The van der Waals surface area contributed by atoms with E-state index in [4.69, 9.17) is 9.47 Å². The molecule has 0 saturated heterocycles. The number of ether oxygens (including phenoxy) is 2. The smallest absolute Gasteiger partial charge is 0.416 e. The van der Waals surface area contributed by atoms with E-state index < -0.39 is 17.7 Å². The summed E-state index contributed by atoms with van der Waals surface area (Å²) in [6, 6.07) is 10.5. The van der Waals surface area contributed by atoms with E-state index in [1.54, 1.807) is 19.1 Å². The Morgan fingerprint density at radius 1 is 0.955 bits per heavy atom. The number of rotatable bonds is 4. The Labute approximate surface area is 125 Å². The molecule has 0 aliphatic carbocycles. The van der Waals surface area contributed by atoms with E-state index in [1.165, 1.54) is 24.3 Å². The van der Waals surface area contributed by atoms with Crippen molar-refractivity contribution in [3.05, 3.63) is 59.7 Å². The van der Waals surface area contributed by atoms with Crippen molar-refractivity contribution in [1.29, 1.82) is 0 Å². The molecule has 0 aliphatic rings. The fraction of sp³-hybridized carbons (Fsp3) is 0.188. The zero-order valence-electron chi connectivity index (χ0n) is 11.7. The van der Waals surface area contributed by atoms with Gasteiger partial charge >= 0.3 is 12.1 Å². The van der Waals surface area contributed by atoms with Gasteiger partial charge in [0.25, 0.3) is 0 Å². The van der Waals surface area contributed by atoms with E-state index in [0.717, 1.165) is 12.1 Å². The standard InChI is InChI=1S/C16H13F3O3/c1-2-21-15(20)11-3-7-13(8-4-11)22-14-9-5-12(6-10-14)16(17,18)19/h3-10H,2H2,1H3. The minimum Gasteiger partial charge on any atom is -0.462 e. The number of halogens is 3. The molecule has 0 aromatic heterocycles. The molecule has 0 radical (unpaired) electrons. The van der Waals surface area contributed by atoms with Crippen molar-refractivity contribution >= 4 is 5.97 Å². The maximum absolute atomic E-state index is 12.4. The molecule has 2 aromatic carbocycles. The molecule has 3 nitrogen and oxygen atoms in total. The highest BCUT2D eigenvalue weighted by Crippen LogP contribution is 2.31. The average Bonchev–Trinajstić information content (AvgIpc) is 2.48. The van der Waals surface area contributed by atoms with E-state index in [9.17, 15) is 18.0 Å². The molecule has 0 bridgehead atoms. The van der Waals surface area contributed by atoms with Crippen LogP contribution < -0.4 is 4.74 Å². The molecule has 0 amide bonds. The lowest BCUT2D eigenvalue weighted by Gasteiger charge is -2.09. The molecule has 6 heteroatoms. The SMILES string of the molecule is CCOC(=O)c1ccc(Oc2ccc(C(F)(F)F)cc2)cc1. The van der Waals surface area contributed by atoms with Crippen molar-refractivity contribution in [1.82, 2.24) is 0 Å². The highest BCUT2D eigenvalue weighted by molar-refractivity contribution is 5.89. The summed E-state index contributed by atoms with van der Waals surface area (Å²) < 4.78 is 47.6. The van der Waals surface area contributed by atoms with Crippen LogP contribution in [0.25, 0.3) is 0 Å². The largest absolute Gasteiger partial charge is 0.462 e. The molecule has 0 spiro atoms. The molecule has 22 heavy (non-hydrogen) atoms. The Hall–Kier alpha value is -2.50. The van der Waals surface area contributed by atoms with Crippen molar-refractivity contribution in [2.45, 2.75) is 13.1 Å². The van der Waals surface area contributed by atoms with Crippen LogP contribution in [0.4, 0.5) is 13.2 Å². The second kappa shape index (κ2) is 6.51. The van der Waals surface area contributed by atoms with Crippen molar-refractivity contribution in [3.8, 4) is 11.5 Å². The maximum Gasteiger partial charge on any atom is 0.416 e. The third-order valence-corrected chi connectivity index (χ3v) is 2.78. The Morgan fingerprint density at radius 3 is 1.91 bits per heavy atom. The molecular formula is C16H13F3O3. The molecule has 0 atom stereocenters. The van der Waals surface area contributed by atoms with Gasteiger partial charge in [-0.1, -0.05) is 0 Å². The lowest BCUT2D eigenvalue weighted by molar-refractivity contribution is -0.137. The van der Waals surface area contributed by atoms with E-state index in [-0.39, 0.29) is 12.4 Å². The summed E-state index contributed by atoms with van der Waals surface area (Å²) in [5.74, 6) is 0.244. The molecule has 2 rings (SSSR count). The lowest BCUT2D eigenvalue weighted by atomic mass is 10.2. The minimum absolute atomic E-state index is 0.275. The first-order chi connectivity index (χ1) is 10.4. The average molecular weight is 310 g/mol. The highest BCUT2D eigenvalue weighted by Gasteiger charge is 2.30. The number of carbonyl (C=O) groups excluding carboxylic acids is 1. The summed E-state index contributed by atoms with van der Waals surface area (Å²) in [7, 11) is 0. The van der Waals surface area contributed by atoms with Gasteiger partial charge in [0.15, 0.2) is 0 Å². The highest BCUT2D eigenvalue weighted by atomic mass is 19.4. The molecule has 2 aromatic rings. The summed E-state index contributed by atoms with van der Waals surface area (Å²) in [5.41, 5.74) is -0.362. The molecule has 0 unspecified atom stereocenters. The van der Waals surface area contributed by atoms with Gasteiger partial charge in [-0.3, -0.25) is 0 Å². The number of hydrogen-bond acceptors (Lipinski definition) is 3. The normalized spacial score (nSPS) is 11.1. The van der Waals surface area contributed by atoms with E-state index >= 15 is 0 Å². The first-order valence-electron chi connectivity index (χ1n) is 6.52. The summed E-state index contributed by atoms with van der Waals surface area (Å²) in [6.07, 6.45) is -4.38. The van der Waals surface area contributed by atoms with E-state index in [0.29, 0.717) is 11.3 Å². The van der Waals surface area contributed by atoms with Crippen LogP contribution in [0, 0.1) is 0 Å². The van der Waals surface area contributed by atoms with Crippen LogP contribution in [0.2, 0.25) is 0 Å². The molecule has 0 aliphatic heterocycles. The molecule has 0 saturated carbocycles. The van der Waals surface area contributed by atoms with E-state index in [1.807, 2.05) is 0 Å². The van der Waals surface area contributed by atoms with Crippen molar-refractivity contribution in [2.24, 2.45) is 0 Å². The molecular weight excluding hydrogens is 297 g/mol. The summed E-state index contributed by atoms with van der Waals surface area (Å²) >= 11 is 0. The number of hydrogen-bond donors (Lipinski definition) is 0. The summed E-state index contributed by atoms with van der Waals surface area (Å²) in [6.45, 7) is 1.99. The topological polar surface area (TPSA) is 35.5 Å². The Bertz CT molecular complexity index is 631. The lowest BCUT2D eigenvalue weighted by Crippen LogP contribution is -2.04. The number of alkyl halides is 3. The fourth-order valence-electron chi connectivity index (χ4n) is 1.72. The Balaban J connectivity index is 2.06. The second-order valence-corrected chi connectivity index (χ2v) is 4.37. The third kappa shape index (κ3) is 4.00. The zero-order chi connectivity index (χ0) is 16.2. The van der Waals surface area contributed by atoms with Gasteiger partial charge in [-0.05, 0) is 55.5 Å². The van der Waals surface area contributed by atoms with Gasteiger partial charge in [-0.15, -0.1) is 0 Å². The maximum atomic E-state index is 12.4. The van der Waals surface area contributed by atoms with Gasteiger partial charge in [0.1, 0.15) is 11.5 Å². The van der Waals surface area contributed by atoms with Gasteiger partial charge in [-0.2, -0.15) is 13.2 Å². The Morgan fingerprint density at radius 2 is 1.45 bits per heavy atom. The summed E-state index contributed by atoms with van der Waals surface area (Å²) in [5, 5.41) is 0. The van der Waals surface area contributed by atoms with Crippen LogP contribution in [0.15, 0.2) is 48.5 Å². The molecule has 116 valence electrons. The van der Waals surface area contributed by atoms with Gasteiger partial charge in [-0.25, -0.2) is 4.79 Å². The first-order valence-corrected chi connectivity index (χ1v) is 6.52. The van der Waals surface area contributed by atoms with Crippen molar-refractivity contribution < 1.29 is 27.4 Å². The van der Waals surface area contributed by atoms with Crippen molar-refractivity contribution in [2.75, 3.05) is 6.61 Å². The fourth-order valence-corrected chi connectivity index (χ4v) is 1.72. The van der Waals surface area contributed by atoms with Gasteiger partial charge in [0.05, 0.1) is 17.7 Å². The third-order valence-electron chi connectivity index (χ3n) is 2.78.